The summed E-state index contributed by atoms with van der Waals surface area (Å²) in [4.78, 5) is 12.8. The molecule has 2 heterocycles. The van der Waals surface area contributed by atoms with Gasteiger partial charge in [0, 0.05) is 11.1 Å². The second-order valence-corrected chi connectivity index (χ2v) is 6.69. The Morgan fingerprint density at radius 3 is 2.50 bits per heavy atom. The van der Waals surface area contributed by atoms with Gasteiger partial charge in [-0.2, -0.15) is 9.78 Å². The van der Waals surface area contributed by atoms with E-state index in [2.05, 4.69) is 35.8 Å². The van der Waals surface area contributed by atoms with Crippen molar-refractivity contribution in [3.05, 3.63) is 69.8 Å². The van der Waals surface area contributed by atoms with E-state index in [-0.39, 0.29) is 17.3 Å². The highest BCUT2D eigenvalue weighted by molar-refractivity contribution is 6.38. The number of hydrazone groups is 1. The molecule has 0 unspecified atom stereocenters. The van der Waals surface area contributed by atoms with Crippen LogP contribution < -0.4 is 11.2 Å². The molecule has 4 rings (SSSR count). The molecular weight excluding hydrogens is 431 g/mol. The van der Waals surface area contributed by atoms with Gasteiger partial charge in [0.05, 0.1) is 16.3 Å². The van der Waals surface area contributed by atoms with E-state index < -0.39 is 5.91 Å². The van der Waals surface area contributed by atoms with Gasteiger partial charge in [-0.1, -0.05) is 64.8 Å². The number of nitrogens with two attached hydrogens (primary N) is 1. The summed E-state index contributed by atoms with van der Waals surface area (Å²) in [6, 6.07) is 14.0. The Balaban J connectivity index is 1.69. The normalized spacial score (nSPS) is 11.1. The molecule has 150 valence electrons. The van der Waals surface area contributed by atoms with Gasteiger partial charge >= 0.3 is 0 Å². The zero-order valence-electron chi connectivity index (χ0n) is 15.0. The van der Waals surface area contributed by atoms with Crippen molar-refractivity contribution in [1.29, 1.82) is 0 Å². The lowest BCUT2D eigenvalue weighted by molar-refractivity contribution is 0.0950. The first kappa shape index (κ1) is 19.6. The summed E-state index contributed by atoms with van der Waals surface area (Å²) in [5, 5.41) is 19.9. The maximum atomic E-state index is 12.8. The van der Waals surface area contributed by atoms with Crippen LogP contribution in [0.25, 0.3) is 17.1 Å². The molecule has 3 N–H and O–H groups in total. The predicted molar refractivity (Wildman–Crippen MR) is 111 cm³/mol. The number of nitrogens with one attached hydrogen (secondary N) is 1. The number of carbonyl (C=O) groups excluding carboxylic acids is 1. The Hall–Kier alpha value is -3.76. The van der Waals surface area contributed by atoms with Crippen molar-refractivity contribution in [2.24, 2.45) is 5.10 Å². The number of nitrogen functional groups attached to an aromatic ring is 1. The Kier molecular flexibility index (Phi) is 5.42. The fourth-order valence-electron chi connectivity index (χ4n) is 2.62. The quantitative estimate of drug-likeness (QED) is 0.357. The first-order chi connectivity index (χ1) is 14.6. The van der Waals surface area contributed by atoms with Gasteiger partial charge in [0.15, 0.2) is 5.69 Å². The number of carbonyl (C=O) groups is 1. The average molecular weight is 443 g/mol. The van der Waals surface area contributed by atoms with Gasteiger partial charge in [-0.3, -0.25) is 4.79 Å². The number of nitrogens with zero attached hydrogens (tertiary/aromatic N) is 6. The van der Waals surface area contributed by atoms with Crippen LogP contribution in [0.15, 0.2) is 58.3 Å². The number of rotatable bonds is 5. The van der Waals surface area contributed by atoms with Gasteiger partial charge in [0.2, 0.25) is 11.6 Å². The molecule has 0 saturated carbocycles. The SMILES string of the molecule is Nc1nonc1-n1nnc(C(=O)N/N=C/c2c(Cl)cccc2Cl)c1-c1ccccc1. The second-order valence-electron chi connectivity index (χ2n) is 5.87. The molecule has 0 spiro atoms. The number of benzene rings is 2. The Bertz CT molecular complexity index is 1220. The largest absolute Gasteiger partial charge is 0.378 e. The van der Waals surface area contributed by atoms with Gasteiger partial charge < -0.3 is 5.73 Å². The highest BCUT2D eigenvalue weighted by Crippen LogP contribution is 2.26. The van der Waals surface area contributed by atoms with Gasteiger partial charge in [0.25, 0.3) is 5.91 Å². The molecular formula is C18H12Cl2N8O2. The summed E-state index contributed by atoms with van der Waals surface area (Å²) >= 11 is 12.2. The van der Waals surface area contributed by atoms with Gasteiger partial charge in [-0.25, -0.2) is 10.1 Å². The van der Waals surface area contributed by atoms with Gasteiger partial charge in [0.1, 0.15) is 5.69 Å². The van der Waals surface area contributed by atoms with E-state index in [1.54, 1.807) is 42.5 Å². The van der Waals surface area contributed by atoms with Crippen LogP contribution >= 0.6 is 23.2 Å². The molecule has 4 aromatic rings. The van der Waals surface area contributed by atoms with Crippen LogP contribution in [0.4, 0.5) is 5.82 Å². The van der Waals surface area contributed by atoms with Crippen molar-refractivity contribution in [2.45, 2.75) is 0 Å². The molecule has 0 fully saturated rings. The van der Waals surface area contributed by atoms with Crippen molar-refractivity contribution in [3.8, 4) is 17.1 Å². The van der Waals surface area contributed by atoms with E-state index in [4.69, 9.17) is 28.9 Å². The van der Waals surface area contributed by atoms with Crippen molar-refractivity contribution >= 4 is 41.1 Å². The van der Waals surface area contributed by atoms with Crippen LogP contribution in [0.3, 0.4) is 0 Å². The minimum Gasteiger partial charge on any atom is -0.378 e. The van der Waals surface area contributed by atoms with Crippen LogP contribution in [0.5, 0.6) is 0 Å². The number of amides is 1. The fourth-order valence-corrected chi connectivity index (χ4v) is 3.11. The zero-order chi connectivity index (χ0) is 21.1. The smallest absolute Gasteiger partial charge is 0.294 e. The molecule has 0 atom stereocenters. The zero-order valence-corrected chi connectivity index (χ0v) is 16.5. The van der Waals surface area contributed by atoms with Crippen LogP contribution in [0.1, 0.15) is 16.1 Å². The number of hydrogen-bond acceptors (Lipinski definition) is 8. The third kappa shape index (κ3) is 3.73. The van der Waals surface area contributed by atoms with Crippen LogP contribution in [0, 0.1) is 0 Å². The van der Waals surface area contributed by atoms with Crippen molar-refractivity contribution in [1.82, 2.24) is 30.7 Å². The summed E-state index contributed by atoms with van der Waals surface area (Å²) in [6.07, 6.45) is 1.34. The van der Waals surface area contributed by atoms with Crippen molar-refractivity contribution < 1.29 is 9.42 Å². The Labute approximate surface area is 179 Å². The third-order valence-corrected chi connectivity index (χ3v) is 4.65. The molecule has 0 radical (unpaired) electrons. The second kappa shape index (κ2) is 8.31. The fraction of sp³-hybridized carbons (Fsp3) is 0. The molecule has 0 bridgehead atoms. The van der Waals surface area contributed by atoms with Crippen molar-refractivity contribution in [2.75, 3.05) is 5.73 Å². The van der Waals surface area contributed by atoms with Gasteiger partial charge in [-0.15, -0.1) is 5.10 Å². The van der Waals surface area contributed by atoms with E-state index in [0.29, 0.717) is 26.9 Å². The van der Waals surface area contributed by atoms with E-state index in [0.717, 1.165) is 0 Å². The standard InChI is InChI=1S/C18H12Cl2N8O2/c19-12-7-4-8-13(20)11(12)9-22-24-18(29)14-15(10-5-2-1-3-6-10)28(27-23-14)17-16(21)25-30-26-17/h1-9H,(H2,21,25)(H,24,29)/b22-9+. The van der Waals surface area contributed by atoms with E-state index in [9.17, 15) is 4.79 Å². The molecule has 0 saturated heterocycles. The monoisotopic (exact) mass is 442 g/mol. The lowest BCUT2D eigenvalue weighted by Gasteiger charge is -2.05. The first-order valence-corrected chi connectivity index (χ1v) is 9.19. The minimum atomic E-state index is -0.616. The number of hydrogen-bond donors (Lipinski definition) is 2. The lowest BCUT2D eigenvalue weighted by Crippen LogP contribution is -2.19. The van der Waals surface area contributed by atoms with Crippen LogP contribution in [-0.4, -0.2) is 37.4 Å². The highest BCUT2D eigenvalue weighted by atomic mass is 35.5. The minimum absolute atomic E-state index is 0.00424. The molecule has 30 heavy (non-hydrogen) atoms. The maximum Gasteiger partial charge on any atom is 0.294 e. The molecule has 1 amide bonds. The Morgan fingerprint density at radius 2 is 1.83 bits per heavy atom. The molecule has 10 nitrogen and oxygen atoms in total. The molecule has 2 aromatic heterocycles. The van der Waals surface area contributed by atoms with Crippen molar-refractivity contribution in [3.63, 3.8) is 0 Å². The molecule has 0 aliphatic heterocycles. The summed E-state index contributed by atoms with van der Waals surface area (Å²) in [6.45, 7) is 0. The van der Waals surface area contributed by atoms with Crippen LogP contribution in [0.2, 0.25) is 10.0 Å². The Morgan fingerprint density at radius 1 is 1.10 bits per heavy atom. The summed E-state index contributed by atoms with van der Waals surface area (Å²) in [7, 11) is 0. The average Bonchev–Trinajstić information content (AvgIpc) is 3.36. The number of anilines is 1. The molecule has 2 aromatic carbocycles. The topological polar surface area (TPSA) is 137 Å². The number of halogens is 2. The van der Waals surface area contributed by atoms with E-state index >= 15 is 0 Å². The molecule has 0 aliphatic carbocycles. The van der Waals surface area contributed by atoms with Gasteiger partial charge in [-0.05, 0) is 22.4 Å². The third-order valence-electron chi connectivity index (χ3n) is 3.99. The highest BCUT2D eigenvalue weighted by Gasteiger charge is 2.25. The predicted octanol–water partition coefficient (Wildman–Crippen LogP) is 2.97. The summed E-state index contributed by atoms with van der Waals surface area (Å²) in [5.41, 5.74) is 9.60. The number of aromatic nitrogens is 5. The summed E-state index contributed by atoms with van der Waals surface area (Å²) < 4.78 is 5.90. The lowest BCUT2D eigenvalue weighted by atomic mass is 10.1. The van der Waals surface area contributed by atoms with E-state index in [1.807, 2.05) is 6.07 Å². The summed E-state index contributed by atoms with van der Waals surface area (Å²) in [5.74, 6) is -0.517. The molecule has 0 aliphatic rings. The molecule has 12 heteroatoms. The maximum absolute atomic E-state index is 12.8. The van der Waals surface area contributed by atoms with E-state index in [1.165, 1.54) is 10.9 Å². The first-order valence-electron chi connectivity index (χ1n) is 8.43. The van der Waals surface area contributed by atoms with Crippen LogP contribution in [-0.2, 0) is 0 Å².